The van der Waals surface area contributed by atoms with Gasteiger partial charge in [-0.15, -0.1) is 0 Å². The zero-order valence-electron chi connectivity index (χ0n) is 11.0. The van der Waals surface area contributed by atoms with Crippen molar-refractivity contribution in [1.29, 1.82) is 0 Å². The van der Waals surface area contributed by atoms with Gasteiger partial charge in [-0.25, -0.2) is 4.98 Å². The lowest BCUT2D eigenvalue weighted by Crippen LogP contribution is -3.00. The molecule has 0 fully saturated rings. The number of para-hydroxylation sites is 3. The van der Waals surface area contributed by atoms with Crippen molar-refractivity contribution in [3.63, 3.8) is 0 Å². The lowest BCUT2D eigenvalue weighted by Gasteiger charge is -2.05. The zero-order valence-corrected chi connectivity index (χ0v) is 12.6. The van der Waals surface area contributed by atoms with E-state index in [1.807, 2.05) is 12.1 Å². The first-order chi connectivity index (χ1) is 8.77. The summed E-state index contributed by atoms with van der Waals surface area (Å²) >= 11 is 0. The molecule has 0 atom stereocenters. The quantitative estimate of drug-likeness (QED) is 0.584. The molecular weight excluding hydrogens is 300 g/mol. The van der Waals surface area contributed by atoms with Gasteiger partial charge in [-0.2, -0.15) is 4.57 Å². The highest BCUT2D eigenvalue weighted by atomic mass is 79.9. The molecule has 0 saturated heterocycles. The number of hydrogen-bond donors (Lipinski definition) is 0. The third-order valence-electron chi connectivity index (χ3n) is 3.28. The Bertz CT molecular complexity index is 709. The largest absolute Gasteiger partial charge is 1.00 e. The topological polar surface area (TPSA) is 16.8 Å². The third-order valence-corrected chi connectivity index (χ3v) is 3.28. The summed E-state index contributed by atoms with van der Waals surface area (Å²) in [5, 5.41) is 0. The number of fused-ring (bicyclic) bond motifs is 1. The average molecular weight is 315 g/mol. The van der Waals surface area contributed by atoms with Crippen LogP contribution in [0.4, 0.5) is 0 Å². The maximum absolute atomic E-state index is 4.64. The molecule has 0 bridgehead atoms. The highest BCUT2D eigenvalue weighted by Gasteiger charge is 2.18. The van der Waals surface area contributed by atoms with Crippen molar-refractivity contribution in [2.24, 2.45) is 0 Å². The highest BCUT2D eigenvalue weighted by molar-refractivity contribution is 5.71. The first-order valence-corrected chi connectivity index (χ1v) is 6.11. The summed E-state index contributed by atoms with van der Waals surface area (Å²) in [6.07, 6.45) is 0. The maximum Gasteiger partial charge on any atom is 0.237 e. The fourth-order valence-corrected chi connectivity index (χ4v) is 2.26. The molecule has 2 aromatic carbocycles. The maximum atomic E-state index is 4.64. The molecule has 0 aliphatic rings. The standard InChI is InChI=1S/C16H15N2.BrH/c1-12-13(2)18(14-8-4-3-5-9-14)16-11-7-6-10-15(16)17-12;/h3-11H,1-2H3;1H/q+1;/p-1. The molecule has 0 radical (unpaired) electrons. The number of rotatable bonds is 1. The van der Waals surface area contributed by atoms with Crippen molar-refractivity contribution >= 4 is 11.0 Å². The Kier molecular flexibility index (Phi) is 3.96. The van der Waals surface area contributed by atoms with Crippen LogP contribution in [0.1, 0.15) is 11.4 Å². The molecule has 96 valence electrons. The molecule has 0 aliphatic carbocycles. The van der Waals surface area contributed by atoms with Crippen molar-refractivity contribution in [2.75, 3.05) is 0 Å². The van der Waals surface area contributed by atoms with Crippen LogP contribution in [0.25, 0.3) is 16.7 Å². The Labute approximate surface area is 123 Å². The Morgan fingerprint density at radius 3 is 2.21 bits per heavy atom. The Morgan fingerprint density at radius 2 is 1.47 bits per heavy atom. The molecule has 3 rings (SSSR count). The number of hydrogen-bond acceptors (Lipinski definition) is 1. The van der Waals surface area contributed by atoms with Gasteiger partial charge < -0.3 is 17.0 Å². The van der Waals surface area contributed by atoms with E-state index in [0.717, 1.165) is 16.7 Å². The summed E-state index contributed by atoms with van der Waals surface area (Å²) in [6, 6.07) is 18.7. The molecule has 0 aliphatic heterocycles. The Hall–Kier alpha value is -1.74. The van der Waals surface area contributed by atoms with Crippen molar-refractivity contribution < 1.29 is 21.5 Å². The number of nitrogens with zero attached hydrogens (tertiary/aromatic N) is 2. The highest BCUT2D eigenvalue weighted by Crippen LogP contribution is 2.13. The van der Waals surface area contributed by atoms with Crippen molar-refractivity contribution in [3.05, 3.63) is 66.0 Å². The van der Waals surface area contributed by atoms with Gasteiger partial charge in [0.05, 0.1) is 0 Å². The average Bonchev–Trinajstić information content (AvgIpc) is 2.41. The fourth-order valence-electron chi connectivity index (χ4n) is 2.26. The van der Waals surface area contributed by atoms with Crippen molar-refractivity contribution in [1.82, 2.24) is 4.98 Å². The number of aryl methyl sites for hydroxylation is 1. The van der Waals surface area contributed by atoms with Gasteiger partial charge in [-0.1, -0.05) is 30.3 Å². The van der Waals surface area contributed by atoms with E-state index in [1.165, 1.54) is 11.4 Å². The summed E-state index contributed by atoms with van der Waals surface area (Å²) in [5.74, 6) is 0. The molecular formula is C16H15BrN2. The van der Waals surface area contributed by atoms with E-state index in [2.05, 4.69) is 65.9 Å². The fraction of sp³-hybridized carbons (Fsp3) is 0.125. The lowest BCUT2D eigenvalue weighted by atomic mass is 10.2. The van der Waals surface area contributed by atoms with Gasteiger partial charge in [0.1, 0.15) is 11.2 Å². The smallest absolute Gasteiger partial charge is 0.237 e. The van der Waals surface area contributed by atoms with Crippen LogP contribution in [0.5, 0.6) is 0 Å². The van der Waals surface area contributed by atoms with Crippen LogP contribution in [0, 0.1) is 13.8 Å². The predicted molar refractivity (Wildman–Crippen MR) is 72.7 cm³/mol. The minimum absolute atomic E-state index is 0. The second-order valence-electron chi connectivity index (χ2n) is 4.44. The van der Waals surface area contributed by atoms with Gasteiger partial charge >= 0.3 is 0 Å². The molecule has 1 heterocycles. The summed E-state index contributed by atoms with van der Waals surface area (Å²) in [7, 11) is 0. The number of halogens is 1. The summed E-state index contributed by atoms with van der Waals surface area (Å²) in [6.45, 7) is 4.17. The molecule has 0 saturated carbocycles. The molecule has 3 heteroatoms. The van der Waals surface area contributed by atoms with Crippen LogP contribution in [0.3, 0.4) is 0 Å². The van der Waals surface area contributed by atoms with E-state index in [1.54, 1.807) is 0 Å². The molecule has 2 nitrogen and oxygen atoms in total. The molecule has 0 spiro atoms. The van der Waals surface area contributed by atoms with E-state index >= 15 is 0 Å². The summed E-state index contributed by atoms with van der Waals surface area (Å²) in [4.78, 5) is 4.64. The zero-order chi connectivity index (χ0) is 12.5. The van der Waals surface area contributed by atoms with Crippen LogP contribution in [-0.4, -0.2) is 4.98 Å². The number of aromatic nitrogens is 2. The van der Waals surface area contributed by atoms with E-state index < -0.39 is 0 Å². The second-order valence-corrected chi connectivity index (χ2v) is 4.44. The van der Waals surface area contributed by atoms with Gasteiger partial charge in [0.25, 0.3) is 0 Å². The van der Waals surface area contributed by atoms with Gasteiger partial charge in [0.15, 0.2) is 0 Å². The van der Waals surface area contributed by atoms with Gasteiger partial charge in [0.2, 0.25) is 16.9 Å². The lowest BCUT2D eigenvalue weighted by molar-refractivity contribution is -0.575. The van der Waals surface area contributed by atoms with Gasteiger partial charge in [-0.05, 0) is 13.0 Å². The Morgan fingerprint density at radius 1 is 0.842 bits per heavy atom. The third kappa shape index (κ3) is 2.38. The molecule has 3 aromatic rings. The van der Waals surface area contributed by atoms with Crippen LogP contribution in [0.2, 0.25) is 0 Å². The van der Waals surface area contributed by atoms with E-state index in [9.17, 15) is 0 Å². The monoisotopic (exact) mass is 314 g/mol. The van der Waals surface area contributed by atoms with E-state index in [0.29, 0.717) is 0 Å². The minimum atomic E-state index is 0. The summed E-state index contributed by atoms with van der Waals surface area (Å²) < 4.78 is 2.26. The molecule has 0 unspecified atom stereocenters. The number of benzene rings is 2. The van der Waals surface area contributed by atoms with Crippen molar-refractivity contribution in [2.45, 2.75) is 13.8 Å². The van der Waals surface area contributed by atoms with Crippen molar-refractivity contribution in [3.8, 4) is 5.69 Å². The first-order valence-electron chi connectivity index (χ1n) is 6.11. The van der Waals surface area contributed by atoms with E-state index in [4.69, 9.17) is 0 Å². The van der Waals surface area contributed by atoms with Crippen LogP contribution in [0.15, 0.2) is 54.6 Å². The van der Waals surface area contributed by atoms with Crippen LogP contribution in [-0.2, 0) is 0 Å². The van der Waals surface area contributed by atoms with Gasteiger partial charge in [0, 0.05) is 25.1 Å². The Balaban J connectivity index is 0.00000133. The normalized spacial score (nSPS) is 10.2. The SMILES string of the molecule is Cc1nc2ccccc2[n+](-c2ccccc2)c1C.[Br-]. The van der Waals surface area contributed by atoms with E-state index in [-0.39, 0.29) is 17.0 Å². The first kappa shape index (κ1) is 13.7. The van der Waals surface area contributed by atoms with Crippen LogP contribution >= 0.6 is 0 Å². The molecule has 1 aromatic heterocycles. The second kappa shape index (κ2) is 5.49. The predicted octanol–water partition coefficient (Wildman–Crippen LogP) is 0.132. The molecule has 0 N–H and O–H groups in total. The minimum Gasteiger partial charge on any atom is -1.00 e. The van der Waals surface area contributed by atoms with Gasteiger partial charge in [-0.3, -0.25) is 0 Å². The molecule has 0 amide bonds. The van der Waals surface area contributed by atoms with Crippen LogP contribution < -0.4 is 21.5 Å². The molecule has 19 heavy (non-hydrogen) atoms. The summed E-state index contributed by atoms with van der Waals surface area (Å²) in [5.41, 5.74) is 5.60.